The van der Waals surface area contributed by atoms with Crippen LogP contribution in [-0.4, -0.2) is 30.4 Å². The van der Waals surface area contributed by atoms with Crippen LogP contribution in [0.1, 0.15) is 42.6 Å². The van der Waals surface area contributed by atoms with Crippen LogP contribution in [0.2, 0.25) is 0 Å². The van der Waals surface area contributed by atoms with Crippen LogP contribution in [0, 0.1) is 0 Å². The molecule has 0 radical (unpaired) electrons. The molecule has 2 heterocycles. The molecule has 1 aromatic carbocycles. The van der Waals surface area contributed by atoms with Gasteiger partial charge in [0.15, 0.2) is 5.78 Å². The van der Waals surface area contributed by atoms with Crippen molar-refractivity contribution in [1.29, 1.82) is 0 Å². The van der Waals surface area contributed by atoms with Gasteiger partial charge in [0.25, 0.3) is 0 Å². The number of amides is 1. The maximum absolute atomic E-state index is 12.6. The molecule has 0 aromatic heterocycles. The Hall–Kier alpha value is -1.20. The van der Waals surface area contributed by atoms with Crippen molar-refractivity contribution in [2.75, 3.05) is 11.4 Å². The Bertz CT molecular complexity index is 614. The Morgan fingerprint density at radius 2 is 2.10 bits per heavy atom. The van der Waals surface area contributed by atoms with Gasteiger partial charge < -0.3 is 9.64 Å². The zero-order valence-corrected chi connectivity index (χ0v) is 13.8. The first-order valence-electron chi connectivity index (χ1n) is 7.27. The standard InChI is InChI=1S/C16H18BrNO3/c1-9-3-4-15(21-9)16(20)12-8-14-11(7-13(12)17)5-6-18(14)10(2)19/h7-9,15H,3-6H2,1-2H3. The number of hydrogen-bond acceptors (Lipinski definition) is 3. The van der Waals surface area contributed by atoms with Gasteiger partial charge in [0.05, 0.1) is 6.10 Å². The predicted octanol–water partition coefficient (Wildman–Crippen LogP) is 3.11. The lowest BCUT2D eigenvalue weighted by atomic mass is 10.0. The van der Waals surface area contributed by atoms with E-state index in [9.17, 15) is 9.59 Å². The van der Waals surface area contributed by atoms with Gasteiger partial charge in [-0.25, -0.2) is 0 Å². The highest BCUT2D eigenvalue weighted by atomic mass is 79.9. The summed E-state index contributed by atoms with van der Waals surface area (Å²) in [5, 5.41) is 0. The molecule has 1 aromatic rings. The Labute approximate surface area is 132 Å². The van der Waals surface area contributed by atoms with E-state index in [1.54, 1.807) is 11.8 Å². The highest BCUT2D eigenvalue weighted by molar-refractivity contribution is 9.10. The number of hydrogen-bond donors (Lipinski definition) is 0. The summed E-state index contributed by atoms with van der Waals surface area (Å²) in [5.74, 6) is 0.0182. The SMILES string of the molecule is CC(=O)N1CCc2cc(Br)c(C(=O)C3CCC(C)O3)cc21. The number of fused-ring (bicyclic) bond motifs is 1. The van der Waals surface area contributed by atoms with Crippen molar-refractivity contribution >= 4 is 33.3 Å². The van der Waals surface area contributed by atoms with Crippen molar-refractivity contribution in [3.05, 3.63) is 27.7 Å². The lowest BCUT2D eigenvalue weighted by Gasteiger charge is -2.17. The third-order valence-corrected chi connectivity index (χ3v) is 4.89. The topological polar surface area (TPSA) is 46.6 Å². The molecule has 5 heteroatoms. The second kappa shape index (κ2) is 5.54. The summed E-state index contributed by atoms with van der Waals surface area (Å²) in [5.41, 5.74) is 2.58. The molecule has 2 atom stereocenters. The minimum Gasteiger partial charge on any atom is -0.367 e. The zero-order valence-electron chi connectivity index (χ0n) is 12.2. The second-order valence-electron chi connectivity index (χ2n) is 5.76. The van der Waals surface area contributed by atoms with Crippen molar-refractivity contribution in [2.24, 2.45) is 0 Å². The third-order valence-electron chi connectivity index (χ3n) is 4.23. The number of halogens is 1. The van der Waals surface area contributed by atoms with Gasteiger partial charge in [0, 0.05) is 29.2 Å². The van der Waals surface area contributed by atoms with E-state index in [0.29, 0.717) is 12.1 Å². The van der Waals surface area contributed by atoms with E-state index in [1.165, 1.54) is 0 Å². The molecule has 112 valence electrons. The second-order valence-corrected chi connectivity index (χ2v) is 6.61. The summed E-state index contributed by atoms with van der Waals surface area (Å²) < 4.78 is 6.47. The van der Waals surface area contributed by atoms with Gasteiger partial charge in [-0.3, -0.25) is 9.59 Å². The van der Waals surface area contributed by atoms with Gasteiger partial charge in [-0.15, -0.1) is 0 Å². The van der Waals surface area contributed by atoms with Gasteiger partial charge in [0.1, 0.15) is 6.10 Å². The van der Waals surface area contributed by atoms with Gasteiger partial charge in [-0.05, 0) is 43.9 Å². The number of nitrogens with zero attached hydrogens (tertiary/aromatic N) is 1. The van der Waals surface area contributed by atoms with E-state index in [0.717, 1.165) is 35.0 Å². The first-order valence-corrected chi connectivity index (χ1v) is 8.07. The number of ether oxygens (including phenoxy) is 1. The highest BCUT2D eigenvalue weighted by Crippen LogP contribution is 2.35. The summed E-state index contributed by atoms with van der Waals surface area (Å²) in [7, 11) is 0. The lowest BCUT2D eigenvalue weighted by Crippen LogP contribution is -2.26. The molecule has 3 rings (SSSR count). The van der Waals surface area contributed by atoms with E-state index in [4.69, 9.17) is 4.74 Å². The number of anilines is 1. The van der Waals surface area contributed by atoms with Crippen LogP contribution in [0.5, 0.6) is 0 Å². The van der Waals surface area contributed by atoms with Crippen molar-refractivity contribution in [1.82, 2.24) is 0 Å². The smallest absolute Gasteiger partial charge is 0.223 e. The molecule has 0 N–H and O–H groups in total. The average Bonchev–Trinajstić information content (AvgIpc) is 3.02. The summed E-state index contributed by atoms with van der Waals surface area (Å²) in [6.45, 7) is 4.23. The minimum atomic E-state index is -0.360. The van der Waals surface area contributed by atoms with Crippen molar-refractivity contribution in [3.63, 3.8) is 0 Å². The number of carbonyl (C=O) groups is 2. The quantitative estimate of drug-likeness (QED) is 0.769. The van der Waals surface area contributed by atoms with E-state index in [-0.39, 0.29) is 23.9 Å². The van der Waals surface area contributed by atoms with Crippen LogP contribution in [-0.2, 0) is 16.0 Å². The molecule has 1 saturated heterocycles. The maximum Gasteiger partial charge on any atom is 0.223 e. The first kappa shape index (κ1) is 14.7. The first-order chi connectivity index (χ1) is 9.97. The van der Waals surface area contributed by atoms with Crippen LogP contribution >= 0.6 is 15.9 Å². The largest absolute Gasteiger partial charge is 0.367 e. The molecular weight excluding hydrogens is 334 g/mol. The highest BCUT2D eigenvalue weighted by Gasteiger charge is 2.32. The molecule has 1 amide bonds. The maximum atomic E-state index is 12.6. The van der Waals surface area contributed by atoms with Crippen molar-refractivity contribution in [3.8, 4) is 0 Å². The number of rotatable bonds is 2. The van der Waals surface area contributed by atoms with Crippen LogP contribution in [0.15, 0.2) is 16.6 Å². The molecule has 1 fully saturated rings. The Morgan fingerprint density at radius 1 is 1.33 bits per heavy atom. The molecule has 0 spiro atoms. The zero-order chi connectivity index (χ0) is 15.1. The molecule has 0 saturated carbocycles. The number of ketones is 1. The summed E-state index contributed by atoms with van der Waals surface area (Å²) >= 11 is 3.49. The number of benzene rings is 1. The predicted molar refractivity (Wildman–Crippen MR) is 83.8 cm³/mol. The van der Waals surface area contributed by atoms with Crippen LogP contribution in [0.3, 0.4) is 0 Å². The molecule has 2 unspecified atom stereocenters. The van der Waals surface area contributed by atoms with Gasteiger partial charge in [0.2, 0.25) is 5.91 Å². The molecular formula is C16H18BrNO3. The lowest BCUT2D eigenvalue weighted by molar-refractivity contribution is -0.116. The number of Topliss-reactive ketones (excluding diaryl/α,β-unsaturated/α-hetero) is 1. The molecule has 0 bridgehead atoms. The van der Waals surface area contributed by atoms with Crippen LogP contribution in [0.25, 0.3) is 0 Å². The molecule has 21 heavy (non-hydrogen) atoms. The fraction of sp³-hybridized carbons (Fsp3) is 0.500. The van der Waals surface area contributed by atoms with Crippen LogP contribution in [0.4, 0.5) is 5.69 Å². The van der Waals surface area contributed by atoms with Gasteiger partial charge in [-0.1, -0.05) is 15.9 Å². The van der Waals surface area contributed by atoms with E-state index >= 15 is 0 Å². The van der Waals surface area contributed by atoms with Gasteiger partial charge >= 0.3 is 0 Å². The minimum absolute atomic E-state index is 0.00410. The number of carbonyl (C=O) groups excluding carboxylic acids is 2. The van der Waals surface area contributed by atoms with E-state index in [2.05, 4.69) is 15.9 Å². The third kappa shape index (κ3) is 2.64. The molecule has 2 aliphatic rings. The fourth-order valence-corrected chi connectivity index (χ4v) is 3.68. The van der Waals surface area contributed by atoms with Gasteiger partial charge in [-0.2, -0.15) is 0 Å². The Balaban J connectivity index is 1.95. The normalized spacial score (nSPS) is 24.2. The van der Waals surface area contributed by atoms with E-state index < -0.39 is 0 Å². The van der Waals surface area contributed by atoms with Crippen molar-refractivity contribution in [2.45, 2.75) is 45.3 Å². The average molecular weight is 352 g/mol. The Morgan fingerprint density at radius 3 is 2.71 bits per heavy atom. The van der Waals surface area contributed by atoms with E-state index in [1.807, 2.05) is 19.1 Å². The summed E-state index contributed by atoms with van der Waals surface area (Å²) in [6, 6.07) is 3.80. The molecule has 4 nitrogen and oxygen atoms in total. The Kier molecular flexibility index (Phi) is 3.88. The molecule has 2 aliphatic heterocycles. The van der Waals surface area contributed by atoms with Crippen LogP contribution < -0.4 is 4.90 Å². The fourth-order valence-electron chi connectivity index (χ4n) is 3.09. The summed E-state index contributed by atoms with van der Waals surface area (Å²) in [6.07, 6.45) is 2.29. The summed E-state index contributed by atoms with van der Waals surface area (Å²) in [4.78, 5) is 26.0. The monoisotopic (exact) mass is 351 g/mol. The molecule has 0 aliphatic carbocycles. The van der Waals surface area contributed by atoms with Crippen molar-refractivity contribution < 1.29 is 14.3 Å².